The molecule has 3 rings (SSSR count). The first-order chi connectivity index (χ1) is 14.2. The Hall–Kier alpha value is -2.31. The summed E-state index contributed by atoms with van der Waals surface area (Å²) in [6.45, 7) is 9.12. The van der Waals surface area contributed by atoms with Crippen LogP contribution in [0.4, 0.5) is 0 Å². The molecule has 1 aliphatic carbocycles. The van der Waals surface area contributed by atoms with Crippen molar-refractivity contribution in [3.05, 3.63) is 59.7 Å². The summed E-state index contributed by atoms with van der Waals surface area (Å²) in [4.78, 5) is 0. The molecule has 0 radical (unpaired) electrons. The van der Waals surface area contributed by atoms with Gasteiger partial charge in [0.25, 0.3) is 0 Å². The van der Waals surface area contributed by atoms with E-state index >= 15 is 0 Å². The molecular formula is C28H34B2. The van der Waals surface area contributed by atoms with E-state index in [1.54, 1.807) is 0 Å². The minimum atomic E-state index is -0.123. The van der Waals surface area contributed by atoms with Crippen LogP contribution < -0.4 is 10.9 Å². The van der Waals surface area contributed by atoms with Crippen LogP contribution in [0.25, 0.3) is 0 Å². The summed E-state index contributed by atoms with van der Waals surface area (Å²) in [5.41, 5.74) is 4.93. The third-order valence-corrected chi connectivity index (χ3v) is 6.69. The highest BCUT2D eigenvalue weighted by molar-refractivity contribution is 6.32. The summed E-state index contributed by atoms with van der Waals surface area (Å²) in [7, 11) is 4.25. The summed E-state index contributed by atoms with van der Waals surface area (Å²) in [5.74, 6) is 15.4. The van der Waals surface area contributed by atoms with E-state index in [1.807, 2.05) is 0 Å². The van der Waals surface area contributed by atoms with E-state index in [4.69, 9.17) is 0 Å². The molecule has 1 saturated carbocycles. The van der Waals surface area contributed by atoms with Crippen LogP contribution in [0.1, 0.15) is 64.5 Å². The third kappa shape index (κ3) is 5.86. The lowest BCUT2D eigenvalue weighted by Gasteiger charge is -2.35. The number of hydrogen-bond donors (Lipinski definition) is 0. The lowest BCUT2D eigenvalue weighted by Crippen LogP contribution is -2.28. The zero-order valence-electron chi connectivity index (χ0n) is 19.6. The topological polar surface area (TPSA) is 0 Å². The molecule has 0 spiro atoms. The lowest BCUT2D eigenvalue weighted by molar-refractivity contribution is 0.200. The van der Waals surface area contributed by atoms with Gasteiger partial charge in [0, 0.05) is 16.9 Å². The molecule has 2 aromatic carbocycles. The second-order valence-corrected chi connectivity index (χ2v) is 10.1. The van der Waals surface area contributed by atoms with E-state index in [1.165, 1.54) is 42.2 Å². The summed E-state index contributed by atoms with van der Waals surface area (Å²) in [6, 6.07) is 17.3. The summed E-state index contributed by atoms with van der Waals surface area (Å²) < 4.78 is 0. The van der Waals surface area contributed by atoms with E-state index in [0.717, 1.165) is 5.56 Å². The molecule has 30 heavy (non-hydrogen) atoms. The van der Waals surface area contributed by atoms with Crippen LogP contribution >= 0.6 is 0 Å². The van der Waals surface area contributed by atoms with E-state index in [-0.39, 0.29) is 10.8 Å². The van der Waals surface area contributed by atoms with Crippen LogP contribution in [0.3, 0.4) is 0 Å². The molecule has 0 aliphatic heterocycles. The minimum absolute atomic E-state index is 0.0390. The predicted molar refractivity (Wildman–Crippen MR) is 136 cm³/mol. The van der Waals surface area contributed by atoms with Crippen molar-refractivity contribution in [2.45, 2.75) is 58.8 Å². The molecule has 0 aromatic heterocycles. The van der Waals surface area contributed by atoms with Crippen LogP contribution in [0.5, 0.6) is 0 Å². The molecule has 0 bridgehead atoms. The largest absolute Gasteiger partial charge is 0.139 e. The van der Waals surface area contributed by atoms with Gasteiger partial charge in [-0.25, -0.2) is 0 Å². The Morgan fingerprint density at radius 2 is 1.27 bits per heavy atom. The zero-order chi connectivity index (χ0) is 21.8. The number of benzene rings is 2. The van der Waals surface area contributed by atoms with Gasteiger partial charge in [0.15, 0.2) is 0 Å². The van der Waals surface area contributed by atoms with Gasteiger partial charge in [-0.3, -0.25) is 0 Å². The Labute approximate surface area is 186 Å². The fourth-order valence-electron chi connectivity index (χ4n) is 4.24. The molecule has 0 N–H and O–H groups in total. The van der Waals surface area contributed by atoms with E-state index in [2.05, 4.69) is 116 Å². The van der Waals surface area contributed by atoms with Gasteiger partial charge < -0.3 is 0 Å². The van der Waals surface area contributed by atoms with Gasteiger partial charge in [0.2, 0.25) is 0 Å². The fourth-order valence-corrected chi connectivity index (χ4v) is 4.24. The molecule has 2 aromatic rings. The Balaban J connectivity index is 1.61. The average Bonchev–Trinajstić information content (AvgIpc) is 2.73. The third-order valence-electron chi connectivity index (χ3n) is 6.69. The van der Waals surface area contributed by atoms with Crippen molar-refractivity contribution in [2.75, 3.05) is 0 Å². The second kappa shape index (κ2) is 9.23. The molecule has 0 unspecified atom stereocenters. The van der Waals surface area contributed by atoms with Crippen molar-refractivity contribution in [3.63, 3.8) is 0 Å². The van der Waals surface area contributed by atoms with Crippen molar-refractivity contribution in [2.24, 2.45) is 17.3 Å². The highest BCUT2D eigenvalue weighted by Crippen LogP contribution is 2.40. The summed E-state index contributed by atoms with van der Waals surface area (Å²) in [6.07, 6.45) is 4.83. The maximum absolute atomic E-state index is 3.67. The van der Waals surface area contributed by atoms with Crippen LogP contribution in [0, 0.1) is 40.9 Å². The van der Waals surface area contributed by atoms with Gasteiger partial charge in [0.1, 0.15) is 15.7 Å². The van der Waals surface area contributed by atoms with Crippen LogP contribution in [0.2, 0.25) is 0 Å². The molecule has 0 amide bonds. The second-order valence-electron chi connectivity index (χ2n) is 10.1. The molecular weight excluding hydrogens is 358 g/mol. The van der Waals surface area contributed by atoms with Crippen molar-refractivity contribution >= 4 is 26.6 Å². The van der Waals surface area contributed by atoms with Crippen LogP contribution in [-0.4, -0.2) is 15.7 Å². The molecule has 0 atom stereocenters. The molecule has 1 aliphatic rings. The van der Waals surface area contributed by atoms with E-state index < -0.39 is 0 Å². The average molecular weight is 392 g/mol. The smallest absolute Gasteiger partial charge is 0.0959 e. The first kappa shape index (κ1) is 22.4. The molecule has 0 heterocycles. The van der Waals surface area contributed by atoms with Gasteiger partial charge in [-0.2, -0.15) is 0 Å². The Kier molecular flexibility index (Phi) is 6.88. The molecule has 152 valence electrons. The molecule has 1 fully saturated rings. The highest BCUT2D eigenvalue weighted by Gasteiger charge is 2.32. The SMILES string of the molecule is Bc1ccc(C#CC2CCC(C(C)(C)C#CC(C)(C)c3ccc(B)cc3)CC2)cc1. The van der Waals surface area contributed by atoms with Gasteiger partial charge in [0.05, 0.1) is 5.41 Å². The molecule has 0 saturated heterocycles. The van der Waals surface area contributed by atoms with Gasteiger partial charge in [-0.05, 0) is 77.0 Å². The van der Waals surface area contributed by atoms with Gasteiger partial charge in [-0.1, -0.05) is 71.0 Å². The first-order valence-electron chi connectivity index (χ1n) is 11.4. The molecule has 2 heteroatoms. The number of rotatable bonds is 2. The Morgan fingerprint density at radius 3 is 1.83 bits per heavy atom. The standard InChI is InChI=1S/C28H34B2/c1-27(2,19-20-28(3,4)24-13-17-26(30)18-14-24)23-11-7-21(8-12-23)5-6-22-9-15-25(29)16-10-22/h9-10,13-18,21,23H,7-8,11-12,29-30H2,1-4H3. The van der Waals surface area contributed by atoms with Gasteiger partial charge in [-0.15, -0.1) is 0 Å². The zero-order valence-corrected chi connectivity index (χ0v) is 19.6. The molecule has 0 nitrogen and oxygen atoms in total. The van der Waals surface area contributed by atoms with Crippen molar-refractivity contribution < 1.29 is 0 Å². The normalized spacial score (nSPS) is 19.2. The maximum Gasteiger partial charge on any atom is 0.139 e. The van der Waals surface area contributed by atoms with Crippen molar-refractivity contribution in [1.29, 1.82) is 0 Å². The van der Waals surface area contributed by atoms with Gasteiger partial charge >= 0.3 is 0 Å². The summed E-state index contributed by atoms with van der Waals surface area (Å²) in [5, 5.41) is 0. The lowest BCUT2D eigenvalue weighted by atomic mass is 9.68. The van der Waals surface area contributed by atoms with Crippen molar-refractivity contribution in [3.8, 4) is 23.7 Å². The monoisotopic (exact) mass is 392 g/mol. The van der Waals surface area contributed by atoms with Crippen LogP contribution in [-0.2, 0) is 5.41 Å². The number of hydrogen-bond acceptors (Lipinski definition) is 0. The minimum Gasteiger partial charge on any atom is -0.0959 e. The predicted octanol–water partition coefficient (Wildman–Crippen LogP) is 3.37. The Bertz CT molecular complexity index is 965. The fraction of sp³-hybridized carbons (Fsp3) is 0.429. The quantitative estimate of drug-likeness (QED) is 0.543. The van der Waals surface area contributed by atoms with Crippen molar-refractivity contribution in [1.82, 2.24) is 0 Å². The first-order valence-corrected chi connectivity index (χ1v) is 11.4. The Morgan fingerprint density at radius 1 is 0.733 bits per heavy atom. The van der Waals surface area contributed by atoms with Crippen LogP contribution in [0.15, 0.2) is 48.5 Å². The van der Waals surface area contributed by atoms with E-state index in [0.29, 0.717) is 11.8 Å². The highest BCUT2D eigenvalue weighted by atomic mass is 14.4. The maximum atomic E-state index is 3.67. The van der Waals surface area contributed by atoms with E-state index in [9.17, 15) is 0 Å². The summed E-state index contributed by atoms with van der Waals surface area (Å²) >= 11 is 0.